The summed E-state index contributed by atoms with van der Waals surface area (Å²) in [6, 6.07) is 5.85. The Hall–Kier alpha value is -1.71. The van der Waals surface area contributed by atoms with Gasteiger partial charge in [0.15, 0.2) is 0 Å². The molecule has 0 saturated heterocycles. The predicted octanol–water partition coefficient (Wildman–Crippen LogP) is 2.74. The molecule has 3 N–H and O–H groups in total. The van der Waals surface area contributed by atoms with Crippen molar-refractivity contribution in [2.24, 2.45) is 0 Å². The first-order chi connectivity index (χ1) is 8.63. The number of rotatable bonds is 4. The molecule has 1 aromatic rings. The third kappa shape index (κ3) is 2.42. The second-order valence-electron chi connectivity index (χ2n) is 4.80. The highest BCUT2D eigenvalue weighted by atomic mass is 16.4. The van der Waals surface area contributed by atoms with Gasteiger partial charge in [0.1, 0.15) is 0 Å². The standard InChI is InChI=1S/C14H20N2O2/c1-2-16(10-5-3-4-6-10)11-7-8-13(15)12(9-11)14(17)18/h7-10H,2-6,15H2,1H3,(H,17,18). The van der Waals surface area contributed by atoms with E-state index in [1.807, 2.05) is 6.07 Å². The molecule has 0 atom stereocenters. The van der Waals surface area contributed by atoms with Crippen molar-refractivity contribution in [2.75, 3.05) is 17.2 Å². The van der Waals surface area contributed by atoms with Crippen LogP contribution in [-0.2, 0) is 0 Å². The normalized spacial score (nSPS) is 15.8. The second kappa shape index (κ2) is 5.29. The lowest BCUT2D eigenvalue weighted by atomic mass is 10.1. The summed E-state index contributed by atoms with van der Waals surface area (Å²) < 4.78 is 0. The third-order valence-corrected chi connectivity index (χ3v) is 3.71. The van der Waals surface area contributed by atoms with Crippen molar-refractivity contribution in [3.63, 3.8) is 0 Å². The van der Waals surface area contributed by atoms with E-state index in [1.54, 1.807) is 12.1 Å². The topological polar surface area (TPSA) is 66.6 Å². The number of carboxylic acids is 1. The molecule has 1 fully saturated rings. The van der Waals surface area contributed by atoms with E-state index in [-0.39, 0.29) is 5.56 Å². The molecule has 4 nitrogen and oxygen atoms in total. The van der Waals surface area contributed by atoms with Crippen molar-refractivity contribution in [1.82, 2.24) is 0 Å². The summed E-state index contributed by atoms with van der Waals surface area (Å²) in [5.74, 6) is -0.961. The molecule has 1 aromatic carbocycles. The first-order valence-electron chi connectivity index (χ1n) is 6.53. The van der Waals surface area contributed by atoms with Crippen LogP contribution in [0.5, 0.6) is 0 Å². The van der Waals surface area contributed by atoms with Crippen LogP contribution in [0.15, 0.2) is 18.2 Å². The van der Waals surface area contributed by atoms with Crippen LogP contribution < -0.4 is 10.6 Å². The number of nitrogen functional groups attached to an aromatic ring is 1. The maximum absolute atomic E-state index is 11.1. The summed E-state index contributed by atoms with van der Waals surface area (Å²) in [6.07, 6.45) is 4.92. The van der Waals surface area contributed by atoms with Gasteiger partial charge in [0.25, 0.3) is 0 Å². The molecule has 1 saturated carbocycles. The van der Waals surface area contributed by atoms with Gasteiger partial charge in [-0.05, 0) is 38.0 Å². The number of benzene rings is 1. The molecular weight excluding hydrogens is 228 g/mol. The molecule has 1 aliphatic rings. The van der Waals surface area contributed by atoms with Crippen molar-refractivity contribution in [1.29, 1.82) is 0 Å². The number of aromatic carboxylic acids is 1. The smallest absolute Gasteiger partial charge is 0.337 e. The molecule has 98 valence electrons. The zero-order valence-electron chi connectivity index (χ0n) is 10.7. The number of nitrogens with two attached hydrogens (primary N) is 1. The second-order valence-corrected chi connectivity index (χ2v) is 4.80. The Morgan fingerprint density at radius 3 is 2.67 bits per heavy atom. The minimum Gasteiger partial charge on any atom is -0.478 e. The summed E-state index contributed by atoms with van der Waals surface area (Å²) in [5.41, 5.74) is 7.18. The zero-order chi connectivity index (χ0) is 13.1. The van der Waals surface area contributed by atoms with Crippen LogP contribution in [0.1, 0.15) is 43.0 Å². The van der Waals surface area contributed by atoms with Gasteiger partial charge >= 0.3 is 5.97 Å². The lowest BCUT2D eigenvalue weighted by Crippen LogP contribution is -2.33. The van der Waals surface area contributed by atoms with Gasteiger partial charge in [-0.3, -0.25) is 0 Å². The molecular formula is C14H20N2O2. The van der Waals surface area contributed by atoms with E-state index in [1.165, 1.54) is 25.7 Å². The predicted molar refractivity (Wildman–Crippen MR) is 73.1 cm³/mol. The summed E-state index contributed by atoms with van der Waals surface area (Å²) >= 11 is 0. The molecule has 1 aliphatic carbocycles. The molecule has 0 amide bonds. The summed E-state index contributed by atoms with van der Waals surface area (Å²) in [7, 11) is 0. The molecule has 0 spiro atoms. The number of hydrogen-bond donors (Lipinski definition) is 2. The molecule has 2 rings (SSSR count). The Bertz CT molecular complexity index is 439. The van der Waals surface area contributed by atoms with E-state index >= 15 is 0 Å². The maximum atomic E-state index is 11.1. The summed E-state index contributed by atoms with van der Waals surface area (Å²) in [6.45, 7) is 3.00. The lowest BCUT2D eigenvalue weighted by Gasteiger charge is -2.30. The van der Waals surface area contributed by atoms with Crippen LogP contribution in [0.4, 0.5) is 11.4 Å². The van der Waals surface area contributed by atoms with Gasteiger partial charge in [-0.1, -0.05) is 12.8 Å². The fourth-order valence-electron chi connectivity index (χ4n) is 2.78. The molecule has 4 heteroatoms. The van der Waals surface area contributed by atoms with Gasteiger partial charge in [-0.2, -0.15) is 0 Å². The SMILES string of the molecule is CCN(c1ccc(N)c(C(=O)O)c1)C1CCCC1. The highest BCUT2D eigenvalue weighted by molar-refractivity contribution is 5.94. The number of carbonyl (C=O) groups is 1. The number of hydrogen-bond acceptors (Lipinski definition) is 3. The Morgan fingerprint density at radius 1 is 1.44 bits per heavy atom. The highest BCUT2D eigenvalue weighted by Crippen LogP contribution is 2.29. The average molecular weight is 248 g/mol. The fourth-order valence-corrected chi connectivity index (χ4v) is 2.78. The number of nitrogens with zero attached hydrogens (tertiary/aromatic N) is 1. The average Bonchev–Trinajstić information content (AvgIpc) is 2.85. The molecule has 18 heavy (non-hydrogen) atoms. The van der Waals surface area contributed by atoms with E-state index < -0.39 is 5.97 Å². The third-order valence-electron chi connectivity index (χ3n) is 3.71. The molecule has 0 heterocycles. The van der Waals surface area contributed by atoms with Gasteiger partial charge < -0.3 is 15.7 Å². The Kier molecular flexibility index (Phi) is 3.75. The van der Waals surface area contributed by atoms with Crippen molar-refractivity contribution in [2.45, 2.75) is 38.6 Å². The quantitative estimate of drug-likeness (QED) is 0.804. The van der Waals surface area contributed by atoms with Crippen LogP contribution in [0.25, 0.3) is 0 Å². The van der Waals surface area contributed by atoms with Gasteiger partial charge in [0.05, 0.1) is 5.56 Å². The number of carboxylic acid groups (broad SMARTS) is 1. The monoisotopic (exact) mass is 248 g/mol. The largest absolute Gasteiger partial charge is 0.478 e. The fraction of sp³-hybridized carbons (Fsp3) is 0.500. The Balaban J connectivity index is 2.30. The van der Waals surface area contributed by atoms with Crippen LogP contribution in [-0.4, -0.2) is 23.7 Å². The van der Waals surface area contributed by atoms with Crippen LogP contribution in [0, 0.1) is 0 Å². The zero-order valence-corrected chi connectivity index (χ0v) is 10.7. The van der Waals surface area contributed by atoms with Gasteiger partial charge in [0.2, 0.25) is 0 Å². The first kappa shape index (κ1) is 12.7. The summed E-state index contributed by atoms with van der Waals surface area (Å²) in [4.78, 5) is 13.4. The van der Waals surface area contributed by atoms with E-state index in [9.17, 15) is 4.79 Å². The molecule has 0 bridgehead atoms. The van der Waals surface area contributed by atoms with Gasteiger partial charge in [-0.25, -0.2) is 4.79 Å². The van der Waals surface area contributed by atoms with Crippen LogP contribution in [0.2, 0.25) is 0 Å². The first-order valence-corrected chi connectivity index (χ1v) is 6.53. The Labute approximate surface area is 107 Å². The maximum Gasteiger partial charge on any atom is 0.337 e. The van der Waals surface area contributed by atoms with E-state index in [0.29, 0.717) is 11.7 Å². The molecule has 0 aliphatic heterocycles. The molecule has 0 unspecified atom stereocenters. The summed E-state index contributed by atoms with van der Waals surface area (Å²) in [5, 5.41) is 9.11. The van der Waals surface area contributed by atoms with Crippen molar-refractivity contribution in [3.05, 3.63) is 23.8 Å². The minimum atomic E-state index is -0.961. The van der Waals surface area contributed by atoms with Crippen molar-refractivity contribution >= 4 is 17.3 Å². The van der Waals surface area contributed by atoms with Crippen LogP contribution in [0.3, 0.4) is 0 Å². The van der Waals surface area contributed by atoms with Crippen molar-refractivity contribution < 1.29 is 9.90 Å². The Morgan fingerprint density at radius 2 is 2.11 bits per heavy atom. The van der Waals surface area contributed by atoms with E-state index in [0.717, 1.165) is 12.2 Å². The molecule has 0 aromatic heterocycles. The van der Waals surface area contributed by atoms with Crippen molar-refractivity contribution in [3.8, 4) is 0 Å². The molecule has 0 radical (unpaired) electrons. The number of anilines is 2. The highest BCUT2D eigenvalue weighted by Gasteiger charge is 2.22. The minimum absolute atomic E-state index is 0.198. The lowest BCUT2D eigenvalue weighted by molar-refractivity contribution is 0.0698. The van der Waals surface area contributed by atoms with Crippen LogP contribution >= 0.6 is 0 Å². The van der Waals surface area contributed by atoms with Gasteiger partial charge in [-0.15, -0.1) is 0 Å². The van der Waals surface area contributed by atoms with E-state index in [2.05, 4.69) is 11.8 Å². The van der Waals surface area contributed by atoms with Gasteiger partial charge in [0, 0.05) is 24.0 Å². The van der Waals surface area contributed by atoms with E-state index in [4.69, 9.17) is 10.8 Å².